The molecule has 6 heteroatoms. The Labute approximate surface area is 152 Å². The Bertz CT molecular complexity index is 750. The summed E-state index contributed by atoms with van der Waals surface area (Å²) < 4.78 is 4.63. The van der Waals surface area contributed by atoms with E-state index in [1.165, 1.54) is 7.11 Å². The number of halogens is 1. The van der Waals surface area contributed by atoms with Gasteiger partial charge in [-0.25, -0.2) is 4.79 Å². The summed E-state index contributed by atoms with van der Waals surface area (Å²) in [6.45, 7) is 4.43. The normalized spacial score (nSPS) is 10.2. The number of aryl methyl sites for hydroxylation is 2. The fourth-order valence-electron chi connectivity index (χ4n) is 2.47. The number of rotatable bonds is 6. The molecule has 132 valence electrons. The number of carbonyl (C=O) groups excluding carboxylic acids is 2. The third-order valence-electron chi connectivity index (χ3n) is 3.68. The van der Waals surface area contributed by atoms with E-state index in [0.717, 1.165) is 16.8 Å². The average molecular weight is 361 g/mol. The Balaban J connectivity index is 1.86. The van der Waals surface area contributed by atoms with E-state index >= 15 is 0 Å². The van der Waals surface area contributed by atoms with E-state index in [1.54, 1.807) is 24.3 Å². The number of carbonyl (C=O) groups is 2. The molecule has 0 spiro atoms. The van der Waals surface area contributed by atoms with Crippen LogP contribution in [-0.4, -0.2) is 25.5 Å². The van der Waals surface area contributed by atoms with Crippen LogP contribution in [-0.2, 0) is 9.53 Å². The molecule has 25 heavy (non-hydrogen) atoms. The molecule has 0 atom stereocenters. The van der Waals surface area contributed by atoms with Crippen molar-refractivity contribution < 1.29 is 14.3 Å². The molecular formula is C19H21ClN2O3. The summed E-state index contributed by atoms with van der Waals surface area (Å²) in [5.41, 5.74) is 4.06. The van der Waals surface area contributed by atoms with Crippen LogP contribution in [0.5, 0.6) is 0 Å². The number of anilines is 2. The van der Waals surface area contributed by atoms with E-state index in [4.69, 9.17) is 11.6 Å². The van der Waals surface area contributed by atoms with Gasteiger partial charge in [-0.15, -0.1) is 0 Å². The van der Waals surface area contributed by atoms with Gasteiger partial charge < -0.3 is 15.4 Å². The van der Waals surface area contributed by atoms with Gasteiger partial charge in [0.1, 0.15) is 0 Å². The van der Waals surface area contributed by atoms with Crippen molar-refractivity contribution in [3.05, 3.63) is 58.1 Å². The molecule has 0 aromatic heterocycles. The van der Waals surface area contributed by atoms with E-state index in [2.05, 4.69) is 15.4 Å². The number of amides is 1. The first-order valence-electron chi connectivity index (χ1n) is 7.89. The predicted octanol–water partition coefficient (Wildman–Crippen LogP) is 4.18. The highest BCUT2D eigenvalue weighted by Gasteiger charge is 2.08. The van der Waals surface area contributed by atoms with Crippen LogP contribution in [0.15, 0.2) is 36.4 Å². The van der Waals surface area contributed by atoms with Gasteiger partial charge in [0.05, 0.1) is 23.4 Å². The van der Waals surface area contributed by atoms with Gasteiger partial charge in [0.2, 0.25) is 5.91 Å². The van der Waals surface area contributed by atoms with Crippen LogP contribution < -0.4 is 10.6 Å². The number of hydrogen-bond acceptors (Lipinski definition) is 4. The molecule has 0 aliphatic rings. The van der Waals surface area contributed by atoms with Crippen molar-refractivity contribution in [3.8, 4) is 0 Å². The van der Waals surface area contributed by atoms with Gasteiger partial charge >= 0.3 is 5.97 Å². The molecule has 0 saturated carbocycles. The molecule has 0 bridgehead atoms. The molecule has 0 saturated heterocycles. The summed E-state index contributed by atoms with van der Waals surface area (Å²) in [4.78, 5) is 23.4. The summed E-state index contributed by atoms with van der Waals surface area (Å²) in [7, 11) is 1.33. The second-order valence-electron chi connectivity index (χ2n) is 5.73. The maximum Gasteiger partial charge on any atom is 0.337 e. The lowest BCUT2D eigenvalue weighted by molar-refractivity contribution is -0.115. The minimum atomic E-state index is -0.410. The third kappa shape index (κ3) is 5.22. The largest absolute Gasteiger partial charge is 0.465 e. The Hall–Kier alpha value is -2.53. The Morgan fingerprint density at radius 3 is 2.40 bits per heavy atom. The van der Waals surface area contributed by atoms with E-state index in [9.17, 15) is 9.59 Å². The van der Waals surface area contributed by atoms with E-state index < -0.39 is 5.97 Å². The van der Waals surface area contributed by atoms with Crippen LogP contribution in [0, 0.1) is 13.8 Å². The lowest BCUT2D eigenvalue weighted by atomic mass is 10.1. The maximum atomic E-state index is 12.0. The summed E-state index contributed by atoms with van der Waals surface area (Å²) in [5, 5.41) is 6.64. The predicted molar refractivity (Wildman–Crippen MR) is 100 cm³/mol. The molecule has 5 nitrogen and oxygen atoms in total. The summed E-state index contributed by atoms with van der Waals surface area (Å²) in [6, 6.07) is 10.5. The molecule has 0 unspecified atom stereocenters. The molecular weight excluding hydrogens is 340 g/mol. The molecule has 0 radical (unpaired) electrons. The van der Waals surface area contributed by atoms with Crippen molar-refractivity contribution >= 4 is 34.9 Å². The molecule has 0 heterocycles. The Morgan fingerprint density at radius 1 is 1.12 bits per heavy atom. The van der Waals surface area contributed by atoms with Crippen LogP contribution in [0.1, 0.15) is 27.9 Å². The highest BCUT2D eigenvalue weighted by Crippen LogP contribution is 2.27. The van der Waals surface area contributed by atoms with Crippen molar-refractivity contribution in [1.82, 2.24) is 0 Å². The lowest BCUT2D eigenvalue weighted by Crippen LogP contribution is -2.16. The first-order valence-corrected chi connectivity index (χ1v) is 8.27. The average Bonchev–Trinajstić information content (AvgIpc) is 2.57. The van der Waals surface area contributed by atoms with Crippen LogP contribution in [0.4, 0.5) is 11.4 Å². The molecule has 2 rings (SSSR count). The number of benzene rings is 2. The molecule has 0 aliphatic heterocycles. The zero-order valence-corrected chi connectivity index (χ0v) is 15.2. The highest BCUT2D eigenvalue weighted by molar-refractivity contribution is 6.33. The monoisotopic (exact) mass is 360 g/mol. The number of esters is 1. The first-order chi connectivity index (χ1) is 11.9. The van der Waals surface area contributed by atoms with Crippen molar-refractivity contribution in [2.24, 2.45) is 0 Å². The van der Waals surface area contributed by atoms with Crippen LogP contribution in [0.3, 0.4) is 0 Å². The van der Waals surface area contributed by atoms with E-state index in [-0.39, 0.29) is 5.91 Å². The van der Waals surface area contributed by atoms with Crippen molar-refractivity contribution in [2.45, 2.75) is 20.3 Å². The second kappa shape index (κ2) is 8.53. The third-order valence-corrected chi connectivity index (χ3v) is 3.97. The Kier molecular flexibility index (Phi) is 6.42. The first kappa shape index (κ1) is 18.8. The molecule has 0 aliphatic carbocycles. The standard InChI is InChI=1S/C19H21ClN2O3/c1-12-10-13(2)18(16(20)11-12)21-9-8-17(23)22-15-6-4-14(5-7-15)19(24)25-3/h4-7,10-11,21H,8-9H2,1-3H3,(H,22,23). The summed E-state index contributed by atoms with van der Waals surface area (Å²) in [6.07, 6.45) is 0.294. The van der Waals surface area contributed by atoms with Crippen molar-refractivity contribution in [2.75, 3.05) is 24.3 Å². The molecule has 0 fully saturated rings. The quantitative estimate of drug-likeness (QED) is 0.758. The fraction of sp³-hybridized carbons (Fsp3) is 0.263. The van der Waals surface area contributed by atoms with Crippen molar-refractivity contribution in [3.63, 3.8) is 0 Å². The smallest absolute Gasteiger partial charge is 0.337 e. The van der Waals surface area contributed by atoms with Gasteiger partial charge in [-0.1, -0.05) is 17.7 Å². The SMILES string of the molecule is COC(=O)c1ccc(NC(=O)CCNc2c(C)cc(C)cc2Cl)cc1. The highest BCUT2D eigenvalue weighted by atomic mass is 35.5. The van der Waals surface area contributed by atoms with Gasteiger partial charge in [-0.3, -0.25) is 4.79 Å². The van der Waals surface area contributed by atoms with E-state index in [0.29, 0.717) is 29.2 Å². The van der Waals surface area contributed by atoms with Gasteiger partial charge in [0.15, 0.2) is 0 Å². The molecule has 1 amide bonds. The second-order valence-corrected chi connectivity index (χ2v) is 6.14. The Morgan fingerprint density at radius 2 is 1.80 bits per heavy atom. The van der Waals surface area contributed by atoms with Gasteiger partial charge in [0, 0.05) is 18.7 Å². The summed E-state index contributed by atoms with van der Waals surface area (Å²) in [5.74, 6) is -0.536. The minimum Gasteiger partial charge on any atom is -0.465 e. The van der Waals surface area contributed by atoms with Crippen LogP contribution in [0.2, 0.25) is 5.02 Å². The number of hydrogen-bond donors (Lipinski definition) is 2. The molecule has 2 aromatic rings. The topological polar surface area (TPSA) is 67.4 Å². The van der Waals surface area contributed by atoms with Crippen molar-refractivity contribution in [1.29, 1.82) is 0 Å². The maximum absolute atomic E-state index is 12.0. The number of nitrogens with one attached hydrogen (secondary N) is 2. The summed E-state index contributed by atoms with van der Waals surface area (Å²) >= 11 is 6.23. The van der Waals surface area contributed by atoms with E-state index in [1.807, 2.05) is 26.0 Å². The number of methoxy groups -OCH3 is 1. The van der Waals surface area contributed by atoms with Gasteiger partial charge in [0.25, 0.3) is 0 Å². The minimum absolute atomic E-state index is 0.126. The zero-order chi connectivity index (χ0) is 18.4. The molecule has 2 aromatic carbocycles. The van der Waals surface area contributed by atoms with Gasteiger partial charge in [-0.05, 0) is 55.3 Å². The van der Waals surface area contributed by atoms with Crippen LogP contribution in [0.25, 0.3) is 0 Å². The fourth-order valence-corrected chi connectivity index (χ4v) is 2.86. The molecule has 2 N–H and O–H groups in total. The lowest BCUT2D eigenvalue weighted by Gasteiger charge is -2.12. The number of ether oxygens (including phenoxy) is 1. The zero-order valence-electron chi connectivity index (χ0n) is 14.5. The van der Waals surface area contributed by atoms with Crippen LogP contribution >= 0.6 is 11.6 Å². The van der Waals surface area contributed by atoms with Gasteiger partial charge in [-0.2, -0.15) is 0 Å².